The molecule has 0 aliphatic heterocycles. The number of amides is 1. The number of aromatic nitrogens is 2. The molecule has 0 bridgehead atoms. The lowest BCUT2D eigenvalue weighted by Gasteiger charge is -2.30. The van der Waals surface area contributed by atoms with Crippen LogP contribution in [-0.4, -0.2) is 72.6 Å². The van der Waals surface area contributed by atoms with E-state index in [9.17, 15) is 18.0 Å². The van der Waals surface area contributed by atoms with Crippen LogP contribution in [0, 0.1) is 12.3 Å². The molecule has 40 heavy (non-hydrogen) atoms. The van der Waals surface area contributed by atoms with Gasteiger partial charge in [-0.05, 0) is 80.2 Å². The van der Waals surface area contributed by atoms with Gasteiger partial charge in [0.1, 0.15) is 6.61 Å². The number of fused-ring (bicyclic) bond motifs is 1. The summed E-state index contributed by atoms with van der Waals surface area (Å²) in [5.41, 5.74) is 11.7. The predicted molar refractivity (Wildman–Crippen MR) is 154 cm³/mol. The minimum Gasteiger partial charge on any atom is -0.476 e. The second kappa shape index (κ2) is 12.3. The normalized spacial score (nSPS) is 14.3. The standard InChI is InChI=1S/C28H34N4O3.CH4O3S/c1-18-17-32(23-15-28(2,3)16-24(33)26(18)23)21-6-7-22(27(29)34)20(14-21)12-19-8-9-30-25(13-19)35-11-10-31(4)5;1-5(2,3)4/h6-9,13-14,17H,10-12,15-16H2,1-5H3,(H2,29,34);1H3,(H,2,3,4). The lowest BCUT2D eigenvalue weighted by atomic mass is 9.75. The maximum atomic E-state index is 12.9. The number of ketones is 1. The third kappa shape index (κ3) is 8.48. The van der Waals surface area contributed by atoms with Gasteiger partial charge in [0.2, 0.25) is 11.8 Å². The number of aryl methyl sites for hydroxylation is 1. The summed E-state index contributed by atoms with van der Waals surface area (Å²) in [4.78, 5) is 31.4. The van der Waals surface area contributed by atoms with E-state index in [1.165, 1.54) is 0 Å². The first-order valence-corrected chi connectivity index (χ1v) is 14.7. The van der Waals surface area contributed by atoms with Crippen LogP contribution in [0.1, 0.15) is 63.4 Å². The van der Waals surface area contributed by atoms with Crippen molar-refractivity contribution in [3.63, 3.8) is 0 Å². The number of rotatable bonds is 8. The molecule has 0 fully saturated rings. The van der Waals surface area contributed by atoms with Crippen LogP contribution in [0.2, 0.25) is 0 Å². The van der Waals surface area contributed by atoms with E-state index in [0.29, 0.717) is 37.1 Å². The van der Waals surface area contributed by atoms with Gasteiger partial charge in [-0.3, -0.25) is 14.1 Å². The van der Waals surface area contributed by atoms with Crippen LogP contribution >= 0.6 is 0 Å². The molecule has 216 valence electrons. The van der Waals surface area contributed by atoms with E-state index in [1.807, 2.05) is 56.4 Å². The lowest BCUT2D eigenvalue weighted by Crippen LogP contribution is -2.28. The van der Waals surface area contributed by atoms with Crippen molar-refractivity contribution >= 4 is 21.8 Å². The highest BCUT2D eigenvalue weighted by Crippen LogP contribution is 2.38. The van der Waals surface area contributed by atoms with E-state index >= 15 is 0 Å². The number of hydrogen-bond acceptors (Lipinski definition) is 7. The molecule has 0 radical (unpaired) electrons. The fraction of sp³-hybridized carbons (Fsp3) is 0.414. The first-order valence-electron chi connectivity index (χ1n) is 12.9. The van der Waals surface area contributed by atoms with Gasteiger partial charge >= 0.3 is 0 Å². The zero-order valence-electron chi connectivity index (χ0n) is 23.9. The monoisotopic (exact) mass is 570 g/mol. The summed E-state index contributed by atoms with van der Waals surface area (Å²) < 4.78 is 33.7. The van der Waals surface area contributed by atoms with Crippen molar-refractivity contribution in [2.24, 2.45) is 11.1 Å². The zero-order valence-corrected chi connectivity index (χ0v) is 24.7. The summed E-state index contributed by atoms with van der Waals surface area (Å²) in [7, 11) is 0.317. The molecule has 1 aliphatic rings. The molecule has 0 saturated heterocycles. The van der Waals surface area contributed by atoms with Crippen molar-refractivity contribution in [3.05, 3.63) is 76.2 Å². The quantitative estimate of drug-likeness (QED) is 0.392. The number of carbonyl (C=O) groups is 2. The number of pyridine rings is 1. The van der Waals surface area contributed by atoms with Crippen LogP contribution < -0.4 is 10.5 Å². The number of nitrogens with two attached hydrogens (primary N) is 1. The Balaban J connectivity index is 0.000000810. The van der Waals surface area contributed by atoms with Gasteiger partial charge in [-0.1, -0.05) is 13.8 Å². The second-order valence-electron chi connectivity index (χ2n) is 11.2. The molecule has 0 atom stereocenters. The molecule has 0 unspecified atom stereocenters. The van der Waals surface area contributed by atoms with Crippen LogP contribution in [0.15, 0.2) is 42.7 Å². The Kier molecular flexibility index (Phi) is 9.55. The molecule has 2 heterocycles. The first-order chi connectivity index (χ1) is 18.5. The topological polar surface area (TPSA) is 145 Å². The van der Waals surface area contributed by atoms with Crippen molar-refractivity contribution in [3.8, 4) is 11.6 Å². The van der Waals surface area contributed by atoms with Gasteiger partial charge in [0.05, 0.1) is 6.26 Å². The number of benzene rings is 1. The number of likely N-dealkylation sites (N-methyl/N-ethyl adjacent to an activating group) is 1. The van der Waals surface area contributed by atoms with Crippen molar-refractivity contribution in [2.75, 3.05) is 33.5 Å². The number of ether oxygens (including phenoxy) is 1. The number of nitrogens with zero attached hydrogens (tertiary/aromatic N) is 3. The van der Waals surface area contributed by atoms with E-state index in [4.69, 9.17) is 15.0 Å². The summed E-state index contributed by atoms with van der Waals surface area (Å²) >= 11 is 0. The van der Waals surface area contributed by atoms with Crippen molar-refractivity contribution in [1.82, 2.24) is 14.5 Å². The molecule has 1 aromatic carbocycles. The fourth-order valence-electron chi connectivity index (χ4n) is 4.82. The summed E-state index contributed by atoms with van der Waals surface area (Å²) in [5.74, 6) is 0.280. The Morgan fingerprint density at radius 2 is 1.88 bits per heavy atom. The molecular weight excluding hydrogens is 532 g/mol. The molecule has 10 nitrogen and oxygen atoms in total. The first kappa shape index (κ1) is 31.0. The maximum absolute atomic E-state index is 12.9. The van der Waals surface area contributed by atoms with E-state index in [2.05, 4.69) is 23.4 Å². The van der Waals surface area contributed by atoms with Gasteiger partial charge in [0, 0.05) is 53.9 Å². The van der Waals surface area contributed by atoms with Crippen LogP contribution in [0.4, 0.5) is 0 Å². The summed E-state index contributed by atoms with van der Waals surface area (Å²) in [6, 6.07) is 9.49. The van der Waals surface area contributed by atoms with Crippen LogP contribution in [0.3, 0.4) is 0 Å². The van der Waals surface area contributed by atoms with Crippen LogP contribution in [-0.2, 0) is 23.0 Å². The lowest BCUT2D eigenvalue weighted by molar-refractivity contribution is 0.0909. The molecule has 4 rings (SSSR count). The molecule has 1 aliphatic carbocycles. The van der Waals surface area contributed by atoms with E-state index in [0.717, 1.165) is 46.6 Å². The summed E-state index contributed by atoms with van der Waals surface area (Å²) in [5, 5.41) is 0. The molecule has 2 aromatic heterocycles. The Morgan fingerprint density at radius 1 is 1.20 bits per heavy atom. The Morgan fingerprint density at radius 3 is 2.50 bits per heavy atom. The fourth-order valence-corrected chi connectivity index (χ4v) is 4.82. The smallest absolute Gasteiger partial charge is 0.261 e. The summed E-state index contributed by atoms with van der Waals surface area (Å²) in [6.45, 7) is 7.57. The van der Waals surface area contributed by atoms with E-state index < -0.39 is 16.0 Å². The van der Waals surface area contributed by atoms with Gasteiger partial charge in [-0.15, -0.1) is 0 Å². The molecule has 1 amide bonds. The zero-order chi connectivity index (χ0) is 29.8. The average molecular weight is 571 g/mol. The van der Waals surface area contributed by atoms with Gasteiger partial charge in [-0.25, -0.2) is 4.98 Å². The maximum Gasteiger partial charge on any atom is 0.261 e. The van der Waals surface area contributed by atoms with Gasteiger partial charge in [0.15, 0.2) is 5.78 Å². The van der Waals surface area contributed by atoms with Crippen LogP contribution in [0.5, 0.6) is 5.88 Å². The molecule has 3 N–H and O–H groups in total. The van der Waals surface area contributed by atoms with E-state index in [-0.39, 0.29) is 11.2 Å². The molecule has 0 spiro atoms. The van der Waals surface area contributed by atoms with Crippen molar-refractivity contribution < 1.29 is 27.3 Å². The minimum atomic E-state index is -3.67. The Hall–Kier alpha value is -3.54. The van der Waals surface area contributed by atoms with Crippen molar-refractivity contribution in [1.29, 1.82) is 0 Å². The Bertz CT molecular complexity index is 1500. The number of Topliss-reactive ketones (excluding diaryl/α,β-unsaturated/α-hetero) is 1. The van der Waals surface area contributed by atoms with E-state index in [1.54, 1.807) is 12.3 Å². The highest BCUT2D eigenvalue weighted by molar-refractivity contribution is 7.85. The number of carbonyl (C=O) groups excluding carboxylic acids is 2. The Labute approximate surface area is 235 Å². The third-order valence-electron chi connectivity index (χ3n) is 6.48. The number of primary amides is 1. The SMILES string of the molecule is CS(=O)(=O)O.Cc1cn(-c2ccc(C(N)=O)c(Cc3ccnc(OCCN(C)C)c3)c2)c2c1C(=O)CC(C)(C)C2. The molecule has 11 heteroatoms. The van der Waals surface area contributed by atoms with Gasteiger partial charge in [0.25, 0.3) is 10.1 Å². The third-order valence-corrected chi connectivity index (χ3v) is 6.48. The average Bonchev–Trinajstić information content (AvgIpc) is 3.13. The molecule has 3 aromatic rings. The van der Waals surface area contributed by atoms with Crippen molar-refractivity contribution in [2.45, 2.75) is 40.0 Å². The minimum absolute atomic E-state index is 0.0946. The predicted octanol–water partition coefficient (Wildman–Crippen LogP) is 3.47. The van der Waals surface area contributed by atoms with Crippen LogP contribution in [0.25, 0.3) is 5.69 Å². The summed E-state index contributed by atoms with van der Waals surface area (Å²) in [6.07, 6.45) is 6.33. The second-order valence-corrected chi connectivity index (χ2v) is 12.7. The molecule has 0 saturated carbocycles. The molecular formula is C29H38N4O6S. The largest absolute Gasteiger partial charge is 0.476 e. The highest BCUT2D eigenvalue weighted by Gasteiger charge is 2.34. The highest BCUT2D eigenvalue weighted by atomic mass is 32.2. The van der Waals surface area contributed by atoms with Gasteiger partial charge < -0.3 is 19.9 Å². The van der Waals surface area contributed by atoms with Gasteiger partial charge in [-0.2, -0.15) is 8.42 Å². The number of hydrogen-bond donors (Lipinski definition) is 2.